The zero-order chi connectivity index (χ0) is 14.5. The highest BCUT2D eigenvalue weighted by Crippen LogP contribution is 2.23. The molecule has 0 spiro atoms. The number of rotatable bonds is 6. The largest absolute Gasteiger partial charge is 0.334 e. The quantitative estimate of drug-likeness (QED) is 0.863. The Morgan fingerprint density at radius 2 is 2.30 bits per heavy atom. The third kappa shape index (κ3) is 3.03. The van der Waals surface area contributed by atoms with Crippen LogP contribution in [0.5, 0.6) is 0 Å². The van der Waals surface area contributed by atoms with E-state index in [4.69, 9.17) is 5.73 Å². The summed E-state index contributed by atoms with van der Waals surface area (Å²) in [6.07, 6.45) is 5.07. The molecule has 1 saturated heterocycles. The van der Waals surface area contributed by atoms with Gasteiger partial charge in [0, 0.05) is 19.1 Å². The summed E-state index contributed by atoms with van der Waals surface area (Å²) < 4.78 is 1.83. The van der Waals surface area contributed by atoms with Gasteiger partial charge in [-0.05, 0) is 51.6 Å². The van der Waals surface area contributed by atoms with Gasteiger partial charge in [-0.2, -0.15) is 5.10 Å². The predicted octanol–water partition coefficient (Wildman–Crippen LogP) is 1.81. The van der Waals surface area contributed by atoms with Crippen molar-refractivity contribution in [3.05, 3.63) is 17.5 Å². The highest BCUT2D eigenvalue weighted by atomic mass is 16.2. The second-order valence-corrected chi connectivity index (χ2v) is 5.42. The lowest BCUT2D eigenvalue weighted by Gasteiger charge is -2.24. The molecular weight excluding hydrogens is 252 g/mol. The first kappa shape index (κ1) is 15.0. The zero-order valence-electron chi connectivity index (χ0n) is 12.6. The second kappa shape index (κ2) is 6.88. The molecule has 2 rings (SSSR count). The maximum Gasteiger partial charge on any atom is 0.272 e. The Morgan fingerprint density at radius 3 is 2.95 bits per heavy atom. The Kier molecular flexibility index (Phi) is 5.17. The van der Waals surface area contributed by atoms with Gasteiger partial charge in [0.25, 0.3) is 5.91 Å². The summed E-state index contributed by atoms with van der Waals surface area (Å²) in [5.74, 6) is 0.138. The van der Waals surface area contributed by atoms with E-state index in [2.05, 4.69) is 12.0 Å². The molecule has 112 valence electrons. The Labute approximate surface area is 121 Å². The SMILES string of the molecule is CCc1cc(C(=O)N2CCCC2CCCN)n(CC)n1. The van der Waals surface area contributed by atoms with Crippen molar-refractivity contribution in [3.63, 3.8) is 0 Å². The molecule has 0 bridgehead atoms. The molecule has 0 saturated carbocycles. The van der Waals surface area contributed by atoms with Gasteiger partial charge in [0.2, 0.25) is 0 Å². The van der Waals surface area contributed by atoms with Crippen LogP contribution in [0.4, 0.5) is 0 Å². The molecular formula is C15H26N4O. The predicted molar refractivity (Wildman–Crippen MR) is 79.6 cm³/mol. The number of aryl methyl sites for hydroxylation is 2. The average molecular weight is 278 g/mol. The van der Waals surface area contributed by atoms with Crippen LogP contribution in [0.25, 0.3) is 0 Å². The van der Waals surface area contributed by atoms with Gasteiger partial charge in [0.05, 0.1) is 5.69 Å². The summed E-state index contributed by atoms with van der Waals surface area (Å²) in [4.78, 5) is 14.8. The van der Waals surface area contributed by atoms with Gasteiger partial charge in [-0.25, -0.2) is 0 Å². The molecule has 5 nitrogen and oxygen atoms in total. The summed E-state index contributed by atoms with van der Waals surface area (Å²) in [5, 5.41) is 4.48. The van der Waals surface area contributed by atoms with Crippen molar-refractivity contribution in [2.45, 2.75) is 58.5 Å². The van der Waals surface area contributed by atoms with E-state index in [0.717, 1.165) is 56.6 Å². The lowest BCUT2D eigenvalue weighted by molar-refractivity contribution is 0.0717. The van der Waals surface area contributed by atoms with Gasteiger partial charge in [0.1, 0.15) is 5.69 Å². The monoisotopic (exact) mass is 278 g/mol. The number of likely N-dealkylation sites (tertiary alicyclic amines) is 1. The standard InChI is InChI=1S/C15H26N4O/c1-3-12-11-14(19(4-2)17-12)15(20)18-10-6-8-13(18)7-5-9-16/h11,13H,3-10,16H2,1-2H3. The molecule has 2 heterocycles. The van der Waals surface area contributed by atoms with Gasteiger partial charge < -0.3 is 10.6 Å². The molecule has 2 N–H and O–H groups in total. The molecule has 0 aromatic carbocycles. The fourth-order valence-corrected chi connectivity index (χ4v) is 2.96. The number of aromatic nitrogens is 2. The van der Waals surface area contributed by atoms with E-state index < -0.39 is 0 Å². The van der Waals surface area contributed by atoms with Crippen LogP contribution < -0.4 is 5.73 Å². The van der Waals surface area contributed by atoms with Crippen LogP contribution >= 0.6 is 0 Å². The summed E-state index contributed by atoms with van der Waals surface area (Å²) in [6, 6.07) is 2.31. The average Bonchev–Trinajstić information content (AvgIpc) is 3.10. The van der Waals surface area contributed by atoms with Crippen molar-refractivity contribution < 1.29 is 4.79 Å². The summed E-state index contributed by atoms with van der Waals surface area (Å²) in [6.45, 7) is 6.40. The van der Waals surface area contributed by atoms with Gasteiger partial charge in [-0.3, -0.25) is 9.48 Å². The van der Waals surface area contributed by atoms with E-state index in [9.17, 15) is 4.79 Å². The minimum atomic E-state index is 0.138. The van der Waals surface area contributed by atoms with E-state index in [1.165, 1.54) is 0 Å². The van der Waals surface area contributed by atoms with E-state index in [0.29, 0.717) is 12.6 Å². The molecule has 1 amide bonds. The summed E-state index contributed by atoms with van der Waals surface area (Å²) in [7, 11) is 0. The van der Waals surface area contributed by atoms with Gasteiger partial charge in [-0.1, -0.05) is 6.92 Å². The highest BCUT2D eigenvalue weighted by molar-refractivity contribution is 5.93. The van der Waals surface area contributed by atoms with E-state index in [-0.39, 0.29) is 5.91 Å². The Balaban J connectivity index is 2.15. The molecule has 5 heteroatoms. The molecule has 1 aromatic heterocycles. The van der Waals surface area contributed by atoms with Crippen LogP contribution in [-0.2, 0) is 13.0 Å². The minimum absolute atomic E-state index is 0.138. The molecule has 20 heavy (non-hydrogen) atoms. The van der Waals surface area contributed by atoms with Gasteiger partial charge >= 0.3 is 0 Å². The number of hydrogen-bond acceptors (Lipinski definition) is 3. The minimum Gasteiger partial charge on any atom is -0.334 e. The van der Waals surface area contributed by atoms with Crippen LogP contribution in [-0.4, -0.2) is 39.7 Å². The third-order valence-corrected chi connectivity index (χ3v) is 4.09. The number of nitrogens with two attached hydrogens (primary N) is 1. The molecule has 1 aliphatic heterocycles. The first-order chi connectivity index (χ1) is 9.71. The van der Waals surface area contributed by atoms with Crippen molar-refractivity contribution in [2.24, 2.45) is 5.73 Å². The Morgan fingerprint density at radius 1 is 1.50 bits per heavy atom. The number of amides is 1. The summed E-state index contributed by atoms with van der Waals surface area (Å²) in [5.41, 5.74) is 7.32. The van der Waals surface area contributed by atoms with E-state index in [1.807, 2.05) is 22.6 Å². The number of hydrogen-bond donors (Lipinski definition) is 1. The van der Waals surface area contributed by atoms with Crippen LogP contribution in [0.1, 0.15) is 55.7 Å². The normalized spacial score (nSPS) is 18.8. The van der Waals surface area contributed by atoms with E-state index >= 15 is 0 Å². The molecule has 1 unspecified atom stereocenters. The number of nitrogens with zero attached hydrogens (tertiary/aromatic N) is 3. The first-order valence-corrected chi connectivity index (χ1v) is 7.79. The molecule has 1 atom stereocenters. The molecule has 1 aromatic rings. The lowest BCUT2D eigenvalue weighted by Crippen LogP contribution is -2.37. The van der Waals surface area contributed by atoms with Crippen LogP contribution in [0.3, 0.4) is 0 Å². The first-order valence-electron chi connectivity index (χ1n) is 7.79. The zero-order valence-corrected chi connectivity index (χ0v) is 12.6. The molecule has 0 radical (unpaired) electrons. The van der Waals surface area contributed by atoms with Crippen LogP contribution in [0, 0.1) is 0 Å². The van der Waals surface area contributed by atoms with Crippen LogP contribution in [0.2, 0.25) is 0 Å². The van der Waals surface area contributed by atoms with Crippen molar-refractivity contribution in [2.75, 3.05) is 13.1 Å². The Bertz CT molecular complexity index is 455. The molecule has 1 aliphatic rings. The molecule has 0 aliphatic carbocycles. The summed E-state index contributed by atoms with van der Waals surface area (Å²) >= 11 is 0. The van der Waals surface area contributed by atoms with Crippen LogP contribution in [0.15, 0.2) is 6.07 Å². The fraction of sp³-hybridized carbons (Fsp3) is 0.733. The molecule has 1 fully saturated rings. The van der Waals surface area contributed by atoms with Crippen molar-refractivity contribution >= 4 is 5.91 Å². The van der Waals surface area contributed by atoms with Gasteiger partial charge in [-0.15, -0.1) is 0 Å². The second-order valence-electron chi connectivity index (χ2n) is 5.42. The van der Waals surface area contributed by atoms with Crippen molar-refractivity contribution in [3.8, 4) is 0 Å². The number of carbonyl (C=O) groups excluding carboxylic acids is 1. The number of carbonyl (C=O) groups is 1. The van der Waals surface area contributed by atoms with E-state index in [1.54, 1.807) is 0 Å². The fourth-order valence-electron chi connectivity index (χ4n) is 2.96. The lowest BCUT2D eigenvalue weighted by atomic mass is 10.1. The maximum absolute atomic E-state index is 12.8. The third-order valence-electron chi connectivity index (χ3n) is 4.09. The van der Waals surface area contributed by atoms with Gasteiger partial charge in [0.15, 0.2) is 0 Å². The Hall–Kier alpha value is -1.36. The smallest absolute Gasteiger partial charge is 0.272 e. The highest BCUT2D eigenvalue weighted by Gasteiger charge is 2.30. The van der Waals surface area contributed by atoms with Crippen molar-refractivity contribution in [1.82, 2.24) is 14.7 Å². The maximum atomic E-state index is 12.8. The topological polar surface area (TPSA) is 64.2 Å². The van der Waals surface area contributed by atoms with Crippen molar-refractivity contribution in [1.29, 1.82) is 0 Å².